The van der Waals surface area contributed by atoms with Crippen molar-refractivity contribution in [3.8, 4) is 11.5 Å². The number of benzene rings is 2. The number of carbonyl (C=O) groups excluding carboxylic acids is 1. The van der Waals surface area contributed by atoms with Gasteiger partial charge in [0.1, 0.15) is 23.4 Å². The van der Waals surface area contributed by atoms with Crippen LogP contribution in [0.5, 0.6) is 11.5 Å². The Morgan fingerprint density at radius 2 is 1.85 bits per heavy atom. The van der Waals surface area contributed by atoms with E-state index in [1.54, 1.807) is 6.07 Å². The van der Waals surface area contributed by atoms with Crippen LogP contribution < -0.4 is 4.74 Å². The molecule has 0 heterocycles. The summed E-state index contributed by atoms with van der Waals surface area (Å²) in [6.07, 6.45) is 9.18. The summed E-state index contributed by atoms with van der Waals surface area (Å²) in [6.45, 7) is 10.7. The molecule has 0 bridgehead atoms. The van der Waals surface area contributed by atoms with Crippen LogP contribution in [0.3, 0.4) is 0 Å². The first kappa shape index (κ1) is 23.6. The summed E-state index contributed by atoms with van der Waals surface area (Å²) in [5.74, 6) is 2.62. The molecule has 178 valence electrons. The lowest BCUT2D eigenvalue weighted by Crippen LogP contribution is -2.21. The van der Waals surface area contributed by atoms with E-state index in [0.29, 0.717) is 23.8 Å². The molecule has 5 rings (SSSR count). The third kappa shape index (κ3) is 4.60. The van der Waals surface area contributed by atoms with Gasteiger partial charge in [0.2, 0.25) is 0 Å². The minimum absolute atomic E-state index is 0. The number of phenols is 1. The van der Waals surface area contributed by atoms with Gasteiger partial charge in [0.15, 0.2) is 0 Å². The van der Waals surface area contributed by atoms with E-state index in [1.807, 2.05) is 38.1 Å². The molecule has 3 nitrogen and oxygen atoms in total. The number of aromatic hydroxyl groups is 1. The van der Waals surface area contributed by atoms with Gasteiger partial charge in [0.05, 0.1) is 5.92 Å². The molecular formula is C30H40O3. The molecule has 0 aromatic heterocycles. The van der Waals surface area contributed by atoms with Crippen molar-refractivity contribution in [2.75, 3.05) is 0 Å². The molecule has 1 N–H and O–H groups in total. The molecule has 33 heavy (non-hydrogen) atoms. The number of fused-ring (bicyclic) bond motifs is 1. The lowest BCUT2D eigenvalue weighted by molar-refractivity contribution is -0.118. The van der Waals surface area contributed by atoms with Gasteiger partial charge in [-0.15, -0.1) is 0 Å². The van der Waals surface area contributed by atoms with Crippen LogP contribution in [-0.4, -0.2) is 10.9 Å². The summed E-state index contributed by atoms with van der Waals surface area (Å²) >= 11 is 0. The molecule has 0 spiro atoms. The molecule has 3 heteroatoms. The Labute approximate surface area is 200 Å². The van der Waals surface area contributed by atoms with Crippen LogP contribution in [0, 0.1) is 31.6 Å². The molecule has 2 aromatic carbocycles. The summed E-state index contributed by atoms with van der Waals surface area (Å²) in [4.78, 5) is 12.3. The normalized spacial score (nSPS) is 27.9. The monoisotopic (exact) mass is 448 g/mol. The fraction of sp³-hybridized carbons (Fsp3) is 0.500. The first-order valence-electron chi connectivity index (χ1n) is 12.7. The average molecular weight is 449 g/mol. The van der Waals surface area contributed by atoms with Gasteiger partial charge in [-0.1, -0.05) is 57.0 Å². The highest BCUT2D eigenvalue weighted by molar-refractivity contribution is 5.92. The zero-order valence-corrected chi connectivity index (χ0v) is 20.7. The van der Waals surface area contributed by atoms with Crippen LogP contribution in [0.25, 0.3) is 0 Å². The predicted molar refractivity (Wildman–Crippen MR) is 136 cm³/mol. The van der Waals surface area contributed by atoms with Gasteiger partial charge in [-0.25, -0.2) is 0 Å². The fourth-order valence-corrected chi connectivity index (χ4v) is 6.17. The standard InChI is InChI=1S/C28H32O3.C2H6.H2/c1-16-7-8-19(12-16)23-15-22-18(3)11-17(2)13-25(22)28(23)31-20-9-10-27(30)24(14-20)21-5-4-6-26(21)29;1-2;/h4-5,9-11,13-14,16,19,21,23,28,30H,6-8,12,15H2,1-3H3;1-2H3;1H/t16-,19?,21?,23-,28-;;/m1../s1. The fourth-order valence-electron chi connectivity index (χ4n) is 6.17. The van der Waals surface area contributed by atoms with Gasteiger partial charge in [0, 0.05) is 19.3 Å². The smallest absolute Gasteiger partial charge is 0.147 e. The SMILES string of the molecule is CC.Cc1cc(C)c2c(c1)[C@H](Oc1ccc(O)c(C3C=CCC3=O)c1)[C@@H](C1CC[C@@H](C)C1)C2.[HH]. The Balaban J connectivity index is 0.00000105. The van der Waals surface area contributed by atoms with Crippen molar-refractivity contribution in [3.05, 3.63) is 70.3 Å². The zero-order chi connectivity index (χ0) is 23.7. The van der Waals surface area contributed by atoms with Crippen LogP contribution in [0.1, 0.15) is 87.7 Å². The highest BCUT2D eigenvalue weighted by Gasteiger charge is 2.42. The maximum absolute atomic E-state index is 12.3. The molecule has 3 aliphatic carbocycles. The van der Waals surface area contributed by atoms with E-state index in [1.165, 1.54) is 41.5 Å². The summed E-state index contributed by atoms with van der Waals surface area (Å²) in [5, 5.41) is 10.4. The summed E-state index contributed by atoms with van der Waals surface area (Å²) < 4.78 is 6.72. The van der Waals surface area contributed by atoms with Gasteiger partial charge < -0.3 is 9.84 Å². The Bertz CT molecular complexity index is 1060. The molecule has 0 radical (unpaired) electrons. The van der Waals surface area contributed by atoms with E-state index in [-0.39, 0.29) is 25.0 Å². The third-order valence-electron chi connectivity index (χ3n) is 7.72. The number of hydrogen-bond acceptors (Lipinski definition) is 3. The molecule has 0 amide bonds. The van der Waals surface area contributed by atoms with Crippen molar-refractivity contribution < 1.29 is 16.1 Å². The van der Waals surface area contributed by atoms with Crippen molar-refractivity contribution in [1.82, 2.24) is 0 Å². The highest BCUT2D eigenvalue weighted by atomic mass is 16.5. The Hall–Kier alpha value is -2.55. The molecule has 2 aromatic rings. The molecular weight excluding hydrogens is 408 g/mol. The van der Waals surface area contributed by atoms with E-state index in [4.69, 9.17) is 4.74 Å². The van der Waals surface area contributed by atoms with Crippen molar-refractivity contribution >= 4 is 5.78 Å². The second-order valence-corrected chi connectivity index (χ2v) is 10.0. The van der Waals surface area contributed by atoms with Crippen LogP contribution in [0.2, 0.25) is 0 Å². The topological polar surface area (TPSA) is 46.5 Å². The Morgan fingerprint density at radius 1 is 1.06 bits per heavy atom. The summed E-state index contributed by atoms with van der Waals surface area (Å²) in [7, 11) is 0. The van der Waals surface area contributed by atoms with Gasteiger partial charge in [-0.3, -0.25) is 4.79 Å². The number of aryl methyl sites for hydroxylation is 2. The number of allylic oxidation sites excluding steroid dienone is 2. The average Bonchev–Trinajstić information content (AvgIpc) is 3.50. The number of ether oxygens (including phenoxy) is 1. The maximum atomic E-state index is 12.3. The molecule has 5 atom stereocenters. The van der Waals surface area contributed by atoms with Gasteiger partial charge in [-0.2, -0.15) is 0 Å². The van der Waals surface area contributed by atoms with Crippen molar-refractivity contribution in [3.63, 3.8) is 0 Å². The van der Waals surface area contributed by atoms with Crippen molar-refractivity contribution in [1.29, 1.82) is 0 Å². The second-order valence-electron chi connectivity index (χ2n) is 10.0. The molecule has 0 saturated heterocycles. The van der Waals surface area contributed by atoms with Gasteiger partial charge >= 0.3 is 0 Å². The largest absolute Gasteiger partial charge is 0.508 e. The quantitative estimate of drug-likeness (QED) is 0.489. The Kier molecular flexibility index (Phi) is 6.97. The third-order valence-corrected chi connectivity index (χ3v) is 7.72. The molecule has 2 unspecified atom stereocenters. The van der Waals surface area contributed by atoms with E-state index >= 15 is 0 Å². The van der Waals surface area contributed by atoms with Crippen molar-refractivity contribution in [2.24, 2.45) is 17.8 Å². The summed E-state index contributed by atoms with van der Waals surface area (Å²) in [5.41, 5.74) is 6.08. The van der Waals surface area contributed by atoms with E-state index in [9.17, 15) is 9.90 Å². The Morgan fingerprint density at radius 3 is 2.52 bits per heavy atom. The lowest BCUT2D eigenvalue weighted by Gasteiger charge is -2.27. The molecule has 1 saturated carbocycles. The molecule has 3 aliphatic rings. The van der Waals surface area contributed by atoms with Crippen LogP contribution >= 0.6 is 0 Å². The number of rotatable bonds is 4. The predicted octanol–water partition coefficient (Wildman–Crippen LogP) is 7.62. The molecule has 1 fully saturated rings. The number of Topliss-reactive ketones (excluding diaryl/α,β-unsaturated/α-hetero) is 1. The second kappa shape index (κ2) is 9.75. The number of ketones is 1. The van der Waals surface area contributed by atoms with Gasteiger partial charge in [0.25, 0.3) is 0 Å². The maximum Gasteiger partial charge on any atom is 0.147 e. The van der Waals surface area contributed by atoms with Crippen LogP contribution in [0.15, 0.2) is 42.5 Å². The number of carbonyl (C=O) groups is 1. The summed E-state index contributed by atoms with van der Waals surface area (Å²) in [6, 6.07) is 9.98. The van der Waals surface area contributed by atoms with Crippen LogP contribution in [-0.2, 0) is 11.2 Å². The van der Waals surface area contributed by atoms with E-state index in [2.05, 4.69) is 32.9 Å². The first-order chi connectivity index (χ1) is 15.9. The molecule has 0 aliphatic heterocycles. The zero-order valence-electron chi connectivity index (χ0n) is 20.7. The highest BCUT2D eigenvalue weighted by Crippen LogP contribution is 2.50. The number of phenolic OH excluding ortho intramolecular Hbond substituents is 1. The van der Waals surface area contributed by atoms with Crippen LogP contribution in [0.4, 0.5) is 0 Å². The first-order valence-corrected chi connectivity index (χ1v) is 12.7. The lowest BCUT2D eigenvalue weighted by atomic mass is 9.86. The minimum Gasteiger partial charge on any atom is -0.508 e. The minimum atomic E-state index is -0.365. The number of hydrogen-bond donors (Lipinski definition) is 1. The van der Waals surface area contributed by atoms with E-state index in [0.717, 1.165) is 18.1 Å². The van der Waals surface area contributed by atoms with Crippen molar-refractivity contribution in [2.45, 2.75) is 78.7 Å². The van der Waals surface area contributed by atoms with Gasteiger partial charge in [-0.05, 0) is 79.8 Å². The van der Waals surface area contributed by atoms with E-state index < -0.39 is 0 Å².